The van der Waals surface area contributed by atoms with Crippen molar-refractivity contribution in [1.82, 2.24) is 5.32 Å². The summed E-state index contributed by atoms with van der Waals surface area (Å²) in [6.45, 7) is 5.10. The average Bonchev–Trinajstić information content (AvgIpc) is 2.86. The fraction of sp³-hybridized carbons (Fsp3) is 0.667. The maximum absolute atomic E-state index is 5.34. The molecular formula is C12H19NO2. The molecule has 1 saturated heterocycles. The largest absolute Gasteiger partial charge is 0.469 e. The molecule has 2 rings (SSSR count). The van der Waals surface area contributed by atoms with E-state index in [1.165, 1.54) is 6.42 Å². The summed E-state index contributed by atoms with van der Waals surface area (Å²) >= 11 is 0. The van der Waals surface area contributed by atoms with Gasteiger partial charge in [-0.2, -0.15) is 0 Å². The van der Waals surface area contributed by atoms with Gasteiger partial charge >= 0.3 is 0 Å². The molecule has 0 radical (unpaired) electrons. The van der Waals surface area contributed by atoms with Crippen LogP contribution in [-0.4, -0.2) is 25.8 Å². The standard InChI is InChI=1S/C12H19NO2/c1-10(7-12-3-2-5-15-12)13-8-11-4-6-14-9-11/h2-3,5,10-11,13H,4,6-9H2,1H3. The van der Waals surface area contributed by atoms with Crippen molar-refractivity contribution in [1.29, 1.82) is 0 Å². The van der Waals surface area contributed by atoms with E-state index in [1.54, 1.807) is 6.26 Å². The van der Waals surface area contributed by atoms with E-state index < -0.39 is 0 Å². The van der Waals surface area contributed by atoms with Crippen molar-refractivity contribution in [2.45, 2.75) is 25.8 Å². The second kappa shape index (κ2) is 5.33. The summed E-state index contributed by atoms with van der Waals surface area (Å²) in [5.41, 5.74) is 0. The first kappa shape index (κ1) is 10.7. The summed E-state index contributed by atoms with van der Waals surface area (Å²) in [5.74, 6) is 1.75. The zero-order valence-corrected chi connectivity index (χ0v) is 9.24. The van der Waals surface area contributed by atoms with Crippen LogP contribution in [0.2, 0.25) is 0 Å². The first-order chi connectivity index (χ1) is 7.34. The second-order valence-corrected chi connectivity index (χ2v) is 4.32. The molecule has 3 heteroatoms. The van der Waals surface area contributed by atoms with Crippen molar-refractivity contribution >= 4 is 0 Å². The summed E-state index contributed by atoms with van der Waals surface area (Å²) in [6.07, 6.45) is 3.88. The Labute approximate surface area is 90.8 Å². The highest BCUT2D eigenvalue weighted by Gasteiger charge is 2.16. The molecule has 0 bridgehead atoms. The molecule has 1 aromatic rings. The van der Waals surface area contributed by atoms with E-state index in [1.807, 2.05) is 12.1 Å². The van der Waals surface area contributed by atoms with Gasteiger partial charge < -0.3 is 14.5 Å². The normalized spacial score (nSPS) is 23.1. The van der Waals surface area contributed by atoms with Crippen LogP contribution in [0.25, 0.3) is 0 Å². The van der Waals surface area contributed by atoms with E-state index in [0.717, 1.165) is 31.9 Å². The fourth-order valence-corrected chi connectivity index (χ4v) is 1.91. The molecule has 2 heterocycles. The van der Waals surface area contributed by atoms with E-state index in [9.17, 15) is 0 Å². The molecule has 1 fully saturated rings. The van der Waals surface area contributed by atoms with E-state index in [2.05, 4.69) is 12.2 Å². The summed E-state index contributed by atoms with van der Waals surface area (Å²) in [6, 6.07) is 4.43. The predicted octanol–water partition coefficient (Wildman–Crippen LogP) is 1.84. The van der Waals surface area contributed by atoms with Crippen LogP contribution in [0.5, 0.6) is 0 Å². The highest BCUT2D eigenvalue weighted by atomic mass is 16.5. The quantitative estimate of drug-likeness (QED) is 0.803. The van der Waals surface area contributed by atoms with Crippen molar-refractivity contribution in [3.8, 4) is 0 Å². The number of nitrogens with one attached hydrogen (secondary N) is 1. The number of rotatable bonds is 5. The topological polar surface area (TPSA) is 34.4 Å². The van der Waals surface area contributed by atoms with Gasteiger partial charge in [0.05, 0.1) is 12.9 Å². The maximum atomic E-state index is 5.34. The Morgan fingerprint density at radius 2 is 2.53 bits per heavy atom. The third-order valence-corrected chi connectivity index (χ3v) is 2.87. The predicted molar refractivity (Wildman–Crippen MR) is 58.8 cm³/mol. The number of hydrogen-bond acceptors (Lipinski definition) is 3. The number of ether oxygens (including phenoxy) is 1. The molecule has 1 aromatic heterocycles. The molecule has 0 aliphatic carbocycles. The minimum Gasteiger partial charge on any atom is -0.469 e. The molecular weight excluding hydrogens is 190 g/mol. The lowest BCUT2D eigenvalue weighted by atomic mass is 10.1. The molecule has 0 spiro atoms. The van der Waals surface area contributed by atoms with Crippen LogP contribution in [0.15, 0.2) is 22.8 Å². The Kier molecular flexibility index (Phi) is 3.80. The average molecular weight is 209 g/mol. The van der Waals surface area contributed by atoms with Crippen LogP contribution < -0.4 is 5.32 Å². The van der Waals surface area contributed by atoms with E-state index in [4.69, 9.17) is 9.15 Å². The highest BCUT2D eigenvalue weighted by molar-refractivity contribution is 4.99. The minimum absolute atomic E-state index is 0.469. The SMILES string of the molecule is CC(Cc1ccco1)NCC1CCOC1. The van der Waals surface area contributed by atoms with Gasteiger partial charge in [-0.1, -0.05) is 0 Å². The third-order valence-electron chi connectivity index (χ3n) is 2.87. The Balaban J connectivity index is 1.66. The molecule has 15 heavy (non-hydrogen) atoms. The molecule has 2 atom stereocenters. The van der Waals surface area contributed by atoms with Crippen molar-refractivity contribution < 1.29 is 9.15 Å². The van der Waals surface area contributed by atoms with Crippen LogP contribution in [-0.2, 0) is 11.2 Å². The van der Waals surface area contributed by atoms with Gasteiger partial charge in [0.2, 0.25) is 0 Å². The smallest absolute Gasteiger partial charge is 0.105 e. The summed E-state index contributed by atoms with van der Waals surface area (Å²) in [7, 11) is 0. The Morgan fingerprint density at radius 1 is 1.60 bits per heavy atom. The van der Waals surface area contributed by atoms with Gasteiger partial charge in [0.15, 0.2) is 0 Å². The van der Waals surface area contributed by atoms with E-state index in [-0.39, 0.29) is 0 Å². The molecule has 1 aliphatic rings. The summed E-state index contributed by atoms with van der Waals surface area (Å²) in [5, 5.41) is 3.52. The molecule has 1 aliphatic heterocycles. The fourth-order valence-electron chi connectivity index (χ4n) is 1.91. The molecule has 2 unspecified atom stereocenters. The van der Waals surface area contributed by atoms with E-state index in [0.29, 0.717) is 12.0 Å². The first-order valence-electron chi connectivity index (χ1n) is 5.68. The zero-order chi connectivity index (χ0) is 10.5. The Hall–Kier alpha value is -0.800. The zero-order valence-electron chi connectivity index (χ0n) is 9.24. The lowest BCUT2D eigenvalue weighted by molar-refractivity contribution is 0.184. The Bertz CT molecular complexity index is 265. The molecule has 0 saturated carbocycles. The van der Waals surface area contributed by atoms with Gasteiger partial charge in [0.1, 0.15) is 5.76 Å². The number of hydrogen-bond donors (Lipinski definition) is 1. The molecule has 84 valence electrons. The monoisotopic (exact) mass is 209 g/mol. The van der Waals surface area contributed by atoms with Crippen LogP contribution in [0.3, 0.4) is 0 Å². The third kappa shape index (κ3) is 3.36. The summed E-state index contributed by atoms with van der Waals surface area (Å²) < 4.78 is 10.6. The van der Waals surface area contributed by atoms with Crippen molar-refractivity contribution in [2.75, 3.05) is 19.8 Å². The molecule has 1 N–H and O–H groups in total. The van der Waals surface area contributed by atoms with Crippen LogP contribution in [0.4, 0.5) is 0 Å². The second-order valence-electron chi connectivity index (χ2n) is 4.32. The van der Waals surface area contributed by atoms with Gasteiger partial charge in [-0.25, -0.2) is 0 Å². The maximum Gasteiger partial charge on any atom is 0.105 e. The van der Waals surface area contributed by atoms with Crippen molar-refractivity contribution in [2.24, 2.45) is 5.92 Å². The molecule has 0 amide bonds. The molecule has 0 aromatic carbocycles. The van der Waals surface area contributed by atoms with Crippen molar-refractivity contribution in [3.63, 3.8) is 0 Å². The summed E-state index contributed by atoms with van der Waals surface area (Å²) in [4.78, 5) is 0. The first-order valence-corrected chi connectivity index (χ1v) is 5.68. The van der Waals surface area contributed by atoms with Crippen LogP contribution >= 0.6 is 0 Å². The van der Waals surface area contributed by atoms with Gasteiger partial charge in [-0.05, 0) is 31.4 Å². The van der Waals surface area contributed by atoms with Crippen LogP contribution in [0, 0.1) is 5.92 Å². The van der Waals surface area contributed by atoms with Crippen LogP contribution in [0.1, 0.15) is 19.1 Å². The highest BCUT2D eigenvalue weighted by Crippen LogP contribution is 2.11. The van der Waals surface area contributed by atoms with Gasteiger partial charge in [0.25, 0.3) is 0 Å². The molecule has 3 nitrogen and oxygen atoms in total. The van der Waals surface area contributed by atoms with Gasteiger partial charge in [-0.3, -0.25) is 0 Å². The lowest BCUT2D eigenvalue weighted by Crippen LogP contribution is -2.32. The number of furan rings is 1. The minimum atomic E-state index is 0.469. The van der Waals surface area contributed by atoms with Gasteiger partial charge in [-0.15, -0.1) is 0 Å². The van der Waals surface area contributed by atoms with E-state index >= 15 is 0 Å². The lowest BCUT2D eigenvalue weighted by Gasteiger charge is -2.15. The van der Waals surface area contributed by atoms with Crippen molar-refractivity contribution in [3.05, 3.63) is 24.2 Å². The Morgan fingerprint density at radius 3 is 3.20 bits per heavy atom. The van der Waals surface area contributed by atoms with Gasteiger partial charge in [0, 0.05) is 25.6 Å².